The number of nitrogens with two attached hydrogens (primary N) is 1. The van der Waals surface area contributed by atoms with Gasteiger partial charge in [-0.2, -0.15) is 4.98 Å². The van der Waals surface area contributed by atoms with E-state index in [2.05, 4.69) is 44.3 Å². The molecule has 0 aliphatic carbocycles. The molecule has 0 radical (unpaired) electrons. The van der Waals surface area contributed by atoms with Crippen molar-refractivity contribution < 1.29 is 0 Å². The Kier molecular flexibility index (Phi) is 4.50. The van der Waals surface area contributed by atoms with Crippen molar-refractivity contribution in [2.75, 3.05) is 24.5 Å². The SMILES string of the molecule is NCC1CCN(c2n[nH]c(CCc3ccccc3)n2)CC1. The number of hydrogen-bond donors (Lipinski definition) is 2. The number of nitrogens with zero attached hydrogens (tertiary/aromatic N) is 3. The van der Waals surface area contributed by atoms with Crippen LogP contribution in [0.15, 0.2) is 30.3 Å². The van der Waals surface area contributed by atoms with E-state index in [4.69, 9.17) is 5.73 Å². The first kappa shape index (κ1) is 14.1. The number of H-pyrrole nitrogens is 1. The number of aromatic amines is 1. The summed E-state index contributed by atoms with van der Waals surface area (Å²) in [6.45, 7) is 2.82. The fraction of sp³-hybridized carbons (Fsp3) is 0.500. The van der Waals surface area contributed by atoms with E-state index in [1.54, 1.807) is 0 Å². The number of anilines is 1. The fourth-order valence-corrected chi connectivity index (χ4v) is 2.81. The second-order valence-electron chi connectivity index (χ2n) is 5.73. The van der Waals surface area contributed by atoms with Crippen molar-refractivity contribution in [2.45, 2.75) is 25.7 Å². The van der Waals surface area contributed by atoms with Gasteiger partial charge in [-0.15, -0.1) is 5.10 Å². The molecule has 3 N–H and O–H groups in total. The molecule has 0 amide bonds. The van der Waals surface area contributed by atoms with Gasteiger partial charge in [0.05, 0.1) is 0 Å². The fourth-order valence-electron chi connectivity index (χ4n) is 2.81. The number of nitrogens with one attached hydrogen (secondary N) is 1. The number of rotatable bonds is 5. The Balaban J connectivity index is 1.54. The summed E-state index contributed by atoms with van der Waals surface area (Å²) in [5.41, 5.74) is 7.06. The van der Waals surface area contributed by atoms with Crippen molar-refractivity contribution in [1.82, 2.24) is 15.2 Å². The lowest BCUT2D eigenvalue weighted by Crippen LogP contribution is -2.36. The van der Waals surface area contributed by atoms with Crippen LogP contribution in [0.1, 0.15) is 24.2 Å². The second-order valence-corrected chi connectivity index (χ2v) is 5.73. The summed E-state index contributed by atoms with van der Waals surface area (Å²) in [4.78, 5) is 6.89. The number of aromatic nitrogens is 3. The van der Waals surface area contributed by atoms with E-state index in [9.17, 15) is 0 Å². The minimum Gasteiger partial charge on any atom is -0.340 e. The molecule has 2 aromatic rings. The molecule has 0 spiro atoms. The number of benzene rings is 1. The Bertz CT molecular complexity index is 543. The van der Waals surface area contributed by atoms with Gasteiger partial charge in [0.2, 0.25) is 5.95 Å². The number of piperidine rings is 1. The van der Waals surface area contributed by atoms with Crippen LogP contribution >= 0.6 is 0 Å². The quantitative estimate of drug-likeness (QED) is 0.878. The van der Waals surface area contributed by atoms with Gasteiger partial charge < -0.3 is 10.6 Å². The van der Waals surface area contributed by atoms with Crippen LogP contribution in [0.4, 0.5) is 5.95 Å². The molecule has 0 saturated carbocycles. The Labute approximate surface area is 125 Å². The smallest absolute Gasteiger partial charge is 0.244 e. The molecule has 0 atom stereocenters. The molecule has 3 rings (SSSR count). The van der Waals surface area contributed by atoms with E-state index in [1.165, 1.54) is 5.56 Å². The van der Waals surface area contributed by atoms with Gasteiger partial charge in [0.25, 0.3) is 0 Å². The van der Waals surface area contributed by atoms with E-state index in [-0.39, 0.29) is 0 Å². The average molecular weight is 285 g/mol. The van der Waals surface area contributed by atoms with Crippen LogP contribution in [-0.4, -0.2) is 34.8 Å². The highest BCUT2D eigenvalue weighted by Crippen LogP contribution is 2.19. The molecule has 5 nitrogen and oxygen atoms in total. The van der Waals surface area contributed by atoms with Gasteiger partial charge in [0.15, 0.2) is 0 Å². The predicted octanol–water partition coefficient (Wildman–Crippen LogP) is 1.76. The van der Waals surface area contributed by atoms with Gasteiger partial charge in [0, 0.05) is 19.5 Å². The molecule has 1 aromatic heterocycles. The van der Waals surface area contributed by atoms with Crippen molar-refractivity contribution in [1.29, 1.82) is 0 Å². The Hall–Kier alpha value is -1.88. The van der Waals surface area contributed by atoms with Gasteiger partial charge in [0.1, 0.15) is 5.82 Å². The minimum absolute atomic E-state index is 0.665. The largest absolute Gasteiger partial charge is 0.340 e. The summed E-state index contributed by atoms with van der Waals surface area (Å²) in [6, 6.07) is 10.5. The highest BCUT2D eigenvalue weighted by atomic mass is 15.4. The summed E-state index contributed by atoms with van der Waals surface area (Å²) in [5, 5.41) is 7.43. The van der Waals surface area contributed by atoms with Gasteiger partial charge in [-0.3, -0.25) is 5.10 Å². The topological polar surface area (TPSA) is 70.8 Å². The highest BCUT2D eigenvalue weighted by molar-refractivity contribution is 5.29. The average Bonchev–Trinajstić information content (AvgIpc) is 3.03. The van der Waals surface area contributed by atoms with Crippen molar-refractivity contribution in [3.8, 4) is 0 Å². The van der Waals surface area contributed by atoms with Crippen LogP contribution in [0.2, 0.25) is 0 Å². The van der Waals surface area contributed by atoms with Gasteiger partial charge in [-0.05, 0) is 37.3 Å². The van der Waals surface area contributed by atoms with Gasteiger partial charge in [-0.25, -0.2) is 0 Å². The zero-order chi connectivity index (χ0) is 14.5. The lowest BCUT2D eigenvalue weighted by Gasteiger charge is -2.30. The standard InChI is InChI=1S/C16H23N5/c17-12-14-8-10-21(11-9-14)16-18-15(19-20-16)7-6-13-4-2-1-3-5-13/h1-5,14H,6-12,17H2,(H,18,19,20). The lowest BCUT2D eigenvalue weighted by molar-refractivity contribution is 0.411. The molecule has 1 aliphatic heterocycles. The molecule has 1 aliphatic rings. The summed E-state index contributed by atoms with van der Waals surface area (Å²) in [7, 11) is 0. The summed E-state index contributed by atoms with van der Waals surface area (Å²) < 4.78 is 0. The zero-order valence-electron chi connectivity index (χ0n) is 12.3. The van der Waals surface area contributed by atoms with Crippen molar-refractivity contribution >= 4 is 5.95 Å². The van der Waals surface area contributed by atoms with Crippen molar-refractivity contribution in [3.05, 3.63) is 41.7 Å². The van der Waals surface area contributed by atoms with Crippen LogP contribution in [0.3, 0.4) is 0 Å². The first-order valence-corrected chi connectivity index (χ1v) is 7.75. The molecule has 21 heavy (non-hydrogen) atoms. The third-order valence-electron chi connectivity index (χ3n) is 4.24. The van der Waals surface area contributed by atoms with Crippen molar-refractivity contribution in [2.24, 2.45) is 11.7 Å². The molecular formula is C16H23N5. The zero-order valence-corrected chi connectivity index (χ0v) is 12.3. The van der Waals surface area contributed by atoms with E-state index >= 15 is 0 Å². The molecule has 1 fully saturated rings. The minimum atomic E-state index is 0.665. The summed E-state index contributed by atoms with van der Waals surface area (Å²) in [6.07, 6.45) is 4.18. The molecule has 2 heterocycles. The molecule has 0 unspecified atom stereocenters. The Morgan fingerprint density at radius 3 is 2.62 bits per heavy atom. The monoisotopic (exact) mass is 285 g/mol. The van der Waals surface area contributed by atoms with Crippen LogP contribution < -0.4 is 10.6 Å². The van der Waals surface area contributed by atoms with E-state index in [0.29, 0.717) is 5.92 Å². The first-order chi connectivity index (χ1) is 10.3. The van der Waals surface area contributed by atoms with Crippen LogP contribution in [0.5, 0.6) is 0 Å². The molecule has 112 valence electrons. The third kappa shape index (κ3) is 3.61. The number of hydrogen-bond acceptors (Lipinski definition) is 4. The maximum Gasteiger partial charge on any atom is 0.244 e. The molecule has 1 aromatic carbocycles. The number of aryl methyl sites for hydroxylation is 2. The molecule has 1 saturated heterocycles. The molecular weight excluding hydrogens is 262 g/mol. The van der Waals surface area contributed by atoms with Gasteiger partial charge in [-0.1, -0.05) is 30.3 Å². The maximum absolute atomic E-state index is 5.73. The lowest BCUT2D eigenvalue weighted by atomic mass is 9.97. The summed E-state index contributed by atoms with van der Waals surface area (Å²) in [5.74, 6) is 2.47. The normalized spacial score (nSPS) is 16.3. The van der Waals surface area contributed by atoms with Gasteiger partial charge >= 0.3 is 0 Å². The predicted molar refractivity (Wildman–Crippen MR) is 84.2 cm³/mol. The molecule has 5 heteroatoms. The maximum atomic E-state index is 5.73. The highest BCUT2D eigenvalue weighted by Gasteiger charge is 2.20. The summed E-state index contributed by atoms with van der Waals surface area (Å²) >= 11 is 0. The molecule has 0 bridgehead atoms. The van der Waals surface area contributed by atoms with Crippen LogP contribution in [0, 0.1) is 5.92 Å². The van der Waals surface area contributed by atoms with E-state index < -0.39 is 0 Å². The van der Waals surface area contributed by atoms with E-state index in [0.717, 1.165) is 57.1 Å². The second kappa shape index (κ2) is 6.72. The van der Waals surface area contributed by atoms with Crippen LogP contribution in [0.25, 0.3) is 0 Å². The van der Waals surface area contributed by atoms with E-state index in [1.807, 2.05) is 6.07 Å². The third-order valence-corrected chi connectivity index (χ3v) is 4.24. The van der Waals surface area contributed by atoms with Crippen molar-refractivity contribution in [3.63, 3.8) is 0 Å². The Morgan fingerprint density at radius 2 is 1.90 bits per heavy atom. The van der Waals surface area contributed by atoms with Crippen LogP contribution in [-0.2, 0) is 12.8 Å². The Morgan fingerprint density at radius 1 is 1.14 bits per heavy atom. The first-order valence-electron chi connectivity index (χ1n) is 7.75.